The Hall–Kier alpha value is -1.80. The van der Waals surface area contributed by atoms with Crippen molar-refractivity contribution in [1.29, 1.82) is 0 Å². The van der Waals surface area contributed by atoms with Crippen LogP contribution in [0.15, 0.2) is 54.6 Å². The lowest BCUT2D eigenvalue weighted by atomic mass is 9.97. The van der Waals surface area contributed by atoms with Crippen molar-refractivity contribution in [2.75, 3.05) is 5.32 Å². The Morgan fingerprint density at radius 3 is 2.56 bits per heavy atom. The predicted octanol–water partition coefficient (Wildman–Crippen LogP) is 3.16. The highest BCUT2D eigenvalue weighted by atomic mass is 15.2. The third kappa shape index (κ3) is 2.24. The maximum absolute atomic E-state index is 3.61. The summed E-state index contributed by atoms with van der Waals surface area (Å²) in [5, 5.41) is 7.20. The molecule has 0 saturated carbocycles. The number of hydrogen-bond acceptors (Lipinski definition) is 2. The Bertz CT molecular complexity index is 536. The van der Waals surface area contributed by atoms with Crippen molar-refractivity contribution in [2.24, 2.45) is 0 Å². The zero-order chi connectivity index (χ0) is 12.4. The van der Waals surface area contributed by atoms with Crippen LogP contribution in [0.2, 0.25) is 0 Å². The average molecular weight is 238 g/mol. The molecule has 1 aliphatic rings. The molecule has 1 heterocycles. The van der Waals surface area contributed by atoms with E-state index < -0.39 is 0 Å². The van der Waals surface area contributed by atoms with E-state index in [-0.39, 0.29) is 5.66 Å². The highest BCUT2D eigenvalue weighted by Gasteiger charge is 2.28. The molecule has 2 nitrogen and oxygen atoms in total. The smallest absolute Gasteiger partial charge is 0.0896 e. The normalized spacial score (nSPS) is 22.1. The van der Waals surface area contributed by atoms with Gasteiger partial charge in [0.05, 0.1) is 5.66 Å². The topological polar surface area (TPSA) is 24.1 Å². The Balaban J connectivity index is 1.82. The van der Waals surface area contributed by atoms with Crippen molar-refractivity contribution < 1.29 is 0 Å². The second kappa shape index (κ2) is 4.46. The third-order valence-electron chi connectivity index (χ3n) is 3.50. The fraction of sp³-hybridized carbons (Fsp3) is 0.250. The van der Waals surface area contributed by atoms with Crippen molar-refractivity contribution in [2.45, 2.75) is 25.6 Å². The molecule has 1 unspecified atom stereocenters. The quantitative estimate of drug-likeness (QED) is 0.839. The van der Waals surface area contributed by atoms with Gasteiger partial charge in [0.15, 0.2) is 0 Å². The van der Waals surface area contributed by atoms with Gasteiger partial charge >= 0.3 is 0 Å². The molecule has 92 valence electrons. The van der Waals surface area contributed by atoms with Gasteiger partial charge in [0.25, 0.3) is 0 Å². The number of para-hydroxylation sites is 1. The number of benzene rings is 2. The van der Waals surface area contributed by atoms with E-state index in [0.29, 0.717) is 0 Å². The summed E-state index contributed by atoms with van der Waals surface area (Å²) in [6.45, 7) is 3.14. The van der Waals surface area contributed by atoms with Crippen LogP contribution in [0.5, 0.6) is 0 Å². The van der Waals surface area contributed by atoms with Crippen molar-refractivity contribution in [3.8, 4) is 0 Å². The van der Waals surface area contributed by atoms with E-state index in [1.807, 2.05) is 0 Å². The molecule has 0 amide bonds. The van der Waals surface area contributed by atoms with Gasteiger partial charge in [-0.2, -0.15) is 0 Å². The first-order chi connectivity index (χ1) is 8.75. The molecule has 18 heavy (non-hydrogen) atoms. The molecule has 2 aromatic rings. The molecule has 0 bridgehead atoms. The Labute approximate surface area is 108 Å². The van der Waals surface area contributed by atoms with Gasteiger partial charge in [0.1, 0.15) is 0 Å². The summed E-state index contributed by atoms with van der Waals surface area (Å²) in [4.78, 5) is 0. The van der Waals surface area contributed by atoms with E-state index in [4.69, 9.17) is 0 Å². The molecule has 0 fully saturated rings. The molecule has 2 aromatic carbocycles. The molecule has 0 aromatic heterocycles. The van der Waals surface area contributed by atoms with E-state index in [1.165, 1.54) is 16.8 Å². The van der Waals surface area contributed by atoms with Crippen LogP contribution >= 0.6 is 0 Å². The van der Waals surface area contributed by atoms with E-state index in [2.05, 4.69) is 72.2 Å². The summed E-state index contributed by atoms with van der Waals surface area (Å²) in [7, 11) is 0. The molecule has 2 heteroatoms. The van der Waals surface area contributed by atoms with Gasteiger partial charge in [0.2, 0.25) is 0 Å². The lowest BCUT2D eigenvalue weighted by molar-refractivity contribution is 0.384. The molecule has 0 radical (unpaired) electrons. The maximum Gasteiger partial charge on any atom is 0.0896 e. The van der Waals surface area contributed by atoms with E-state index in [1.54, 1.807) is 0 Å². The minimum absolute atomic E-state index is 0.0737. The highest BCUT2D eigenvalue weighted by Crippen LogP contribution is 2.26. The molecule has 0 spiro atoms. The summed E-state index contributed by atoms with van der Waals surface area (Å²) < 4.78 is 0. The monoisotopic (exact) mass is 238 g/mol. The van der Waals surface area contributed by atoms with Gasteiger partial charge in [-0.3, -0.25) is 5.32 Å². The second-order valence-electron chi connectivity index (χ2n) is 5.13. The minimum Gasteiger partial charge on any atom is -0.367 e. The van der Waals surface area contributed by atoms with E-state index in [0.717, 1.165) is 13.0 Å². The summed E-state index contributed by atoms with van der Waals surface area (Å²) >= 11 is 0. The summed E-state index contributed by atoms with van der Waals surface area (Å²) in [6.07, 6.45) is 0.974. The fourth-order valence-corrected chi connectivity index (χ4v) is 2.54. The van der Waals surface area contributed by atoms with E-state index >= 15 is 0 Å². The number of hydrogen-bond donors (Lipinski definition) is 2. The standard InChI is InChI=1S/C16H18N2/c1-16(11-13-7-3-2-4-8-13)17-12-14-9-5-6-10-15(14)18-16/h2-10,17-18H,11-12H2,1H3. The predicted molar refractivity (Wildman–Crippen MR) is 75.5 cm³/mol. The first-order valence-electron chi connectivity index (χ1n) is 6.40. The molecule has 1 atom stereocenters. The zero-order valence-electron chi connectivity index (χ0n) is 10.6. The molecular weight excluding hydrogens is 220 g/mol. The van der Waals surface area contributed by atoms with Crippen molar-refractivity contribution in [3.63, 3.8) is 0 Å². The van der Waals surface area contributed by atoms with Crippen LogP contribution in [-0.4, -0.2) is 5.66 Å². The van der Waals surface area contributed by atoms with Crippen LogP contribution in [0.1, 0.15) is 18.1 Å². The van der Waals surface area contributed by atoms with Crippen LogP contribution < -0.4 is 10.6 Å². The Morgan fingerprint density at radius 1 is 1.00 bits per heavy atom. The molecule has 1 aliphatic heterocycles. The zero-order valence-corrected chi connectivity index (χ0v) is 10.6. The van der Waals surface area contributed by atoms with Gasteiger partial charge in [-0.1, -0.05) is 48.5 Å². The van der Waals surface area contributed by atoms with Crippen LogP contribution in [0.4, 0.5) is 5.69 Å². The molecule has 0 aliphatic carbocycles. The third-order valence-corrected chi connectivity index (χ3v) is 3.50. The summed E-state index contributed by atoms with van der Waals surface area (Å²) in [5.74, 6) is 0. The van der Waals surface area contributed by atoms with Crippen LogP contribution in [0.3, 0.4) is 0 Å². The lowest BCUT2D eigenvalue weighted by Gasteiger charge is -2.38. The minimum atomic E-state index is -0.0737. The Kier molecular flexibility index (Phi) is 2.80. The second-order valence-corrected chi connectivity index (χ2v) is 5.13. The maximum atomic E-state index is 3.61. The largest absolute Gasteiger partial charge is 0.367 e. The van der Waals surface area contributed by atoms with Crippen LogP contribution in [0, 0.1) is 0 Å². The van der Waals surface area contributed by atoms with Crippen LogP contribution in [-0.2, 0) is 13.0 Å². The van der Waals surface area contributed by atoms with E-state index in [9.17, 15) is 0 Å². The van der Waals surface area contributed by atoms with Gasteiger partial charge in [-0.15, -0.1) is 0 Å². The Morgan fingerprint density at radius 2 is 1.72 bits per heavy atom. The van der Waals surface area contributed by atoms with Gasteiger partial charge in [-0.05, 0) is 24.1 Å². The van der Waals surface area contributed by atoms with Gasteiger partial charge < -0.3 is 5.32 Å². The molecule has 3 rings (SSSR count). The number of fused-ring (bicyclic) bond motifs is 1. The van der Waals surface area contributed by atoms with Gasteiger partial charge in [0, 0.05) is 18.7 Å². The first-order valence-corrected chi connectivity index (χ1v) is 6.40. The number of nitrogens with one attached hydrogen (secondary N) is 2. The summed E-state index contributed by atoms with van der Waals surface area (Å²) in [5.41, 5.74) is 3.85. The van der Waals surface area contributed by atoms with Gasteiger partial charge in [-0.25, -0.2) is 0 Å². The fourth-order valence-electron chi connectivity index (χ4n) is 2.54. The van der Waals surface area contributed by atoms with Crippen molar-refractivity contribution >= 4 is 5.69 Å². The highest BCUT2D eigenvalue weighted by molar-refractivity contribution is 5.54. The lowest BCUT2D eigenvalue weighted by Crippen LogP contribution is -2.53. The molecular formula is C16H18N2. The number of anilines is 1. The average Bonchev–Trinajstić information content (AvgIpc) is 2.39. The number of rotatable bonds is 2. The van der Waals surface area contributed by atoms with Crippen molar-refractivity contribution in [1.82, 2.24) is 5.32 Å². The SMILES string of the molecule is CC1(Cc2ccccc2)NCc2ccccc2N1. The molecule has 2 N–H and O–H groups in total. The van der Waals surface area contributed by atoms with Crippen molar-refractivity contribution in [3.05, 3.63) is 65.7 Å². The van der Waals surface area contributed by atoms with Crippen LogP contribution in [0.25, 0.3) is 0 Å². The first kappa shape index (κ1) is 11.3. The summed E-state index contributed by atoms with van der Waals surface area (Å²) in [6, 6.07) is 19.1. The molecule has 0 saturated heterocycles.